The topological polar surface area (TPSA) is 0 Å². The maximum Gasteiger partial charge on any atom is 0.0179 e. The van der Waals surface area contributed by atoms with Crippen molar-refractivity contribution >= 4 is 69.2 Å². The first kappa shape index (κ1) is 36.5. The van der Waals surface area contributed by atoms with Crippen molar-refractivity contribution in [2.75, 3.05) is 28.8 Å². The number of thioether (sulfide) groups is 1. The Hall–Kier alpha value is 2.45. The summed E-state index contributed by atoms with van der Waals surface area (Å²) in [6.07, 6.45) is 9.35. The average molecular weight is 609 g/mol. The minimum atomic E-state index is -2.76. The van der Waals surface area contributed by atoms with Crippen LogP contribution in [0.2, 0.25) is 0 Å². The van der Waals surface area contributed by atoms with Gasteiger partial charge in [-0.25, -0.2) is 0 Å². The van der Waals surface area contributed by atoms with E-state index < -0.39 is 3.45 Å². The van der Waals surface area contributed by atoms with E-state index >= 15 is 0 Å². The van der Waals surface area contributed by atoms with Gasteiger partial charge in [-0.05, 0) is 49.5 Å². The highest BCUT2D eigenvalue weighted by atomic mass is 34.4. The number of hydrogen-bond donors (Lipinski definition) is 0. The monoisotopic (exact) mass is 608 g/mol. The van der Waals surface area contributed by atoms with Gasteiger partial charge in [-0.2, -0.15) is 11.8 Å². The number of hydrogen-bond acceptors (Lipinski definition) is 6. The van der Waals surface area contributed by atoms with Crippen molar-refractivity contribution in [1.29, 1.82) is 0 Å². The maximum absolute atomic E-state index is 2.76. The van der Waals surface area contributed by atoms with Crippen LogP contribution in [0.1, 0.15) is 121 Å². The normalized spacial score (nSPS) is 16.1. The van der Waals surface area contributed by atoms with Crippen molar-refractivity contribution in [2.24, 2.45) is 5.92 Å². The third-order valence-electron chi connectivity index (χ3n) is 5.06. The third kappa shape index (κ3) is 13.0. The quantitative estimate of drug-likeness (QED) is 0.0932. The second kappa shape index (κ2) is 16.5. The van der Waals surface area contributed by atoms with E-state index in [4.69, 9.17) is 0 Å². The molecule has 0 aromatic carbocycles. The zero-order valence-electron chi connectivity index (χ0n) is 24.6. The van der Waals surface area contributed by atoms with Gasteiger partial charge in [0.2, 0.25) is 0 Å². The molecule has 0 fully saturated rings. The van der Waals surface area contributed by atoms with Gasteiger partial charge >= 0.3 is 0 Å². The Morgan fingerprint density at radius 1 is 0.706 bits per heavy atom. The fourth-order valence-electron chi connectivity index (χ4n) is 3.72. The summed E-state index contributed by atoms with van der Waals surface area (Å²) in [5, 5.41) is 1.33. The van der Waals surface area contributed by atoms with E-state index in [-0.39, 0.29) is 4.75 Å². The molecule has 0 amide bonds. The van der Waals surface area contributed by atoms with Crippen LogP contribution in [-0.4, -0.2) is 44.0 Å². The summed E-state index contributed by atoms with van der Waals surface area (Å²) in [5.74, 6) is 7.37. The minimum absolute atomic E-state index is 0.240. The molecule has 0 aliphatic heterocycles. The van der Waals surface area contributed by atoms with Crippen LogP contribution in [0.5, 0.6) is 0 Å². The molecular weight excluding hydrogens is 549 g/mol. The Balaban J connectivity index is 6.65. The van der Waals surface area contributed by atoms with E-state index in [0.29, 0.717) is 10.5 Å². The van der Waals surface area contributed by atoms with Crippen molar-refractivity contribution in [1.82, 2.24) is 0 Å². The molecule has 0 aromatic heterocycles. The first-order chi connectivity index (χ1) is 15.7. The van der Waals surface area contributed by atoms with Gasteiger partial charge in [-0.15, -0.1) is 0 Å². The molecule has 0 N–H and O–H groups in total. The summed E-state index contributed by atoms with van der Waals surface area (Å²) in [5.41, 5.74) is 0. The summed E-state index contributed by atoms with van der Waals surface area (Å²) >= 11 is 2.16. The van der Waals surface area contributed by atoms with E-state index in [1.807, 2.05) is 0 Å². The van der Waals surface area contributed by atoms with Crippen LogP contribution in [-0.2, 0) is 0 Å². The average Bonchev–Trinajstić information content (AvgIpc) is 2.71. The molecular formula is C27H60S7. The second-order valence-corrected chi connectivity index (χ2v) is 43.0. The molecule has 34 heavy (non-hydrogen) atoms. The van der Waals surface area contributed by atoms with Gasteiger partial charge in [0, 0.05) is 32.5 Å². The summed E-state index contributed by atoms with van der Waals surface area (Å²) in [7, 11) is 12.3. The zero-order valence-corrected chi connectivity index (χ0v) is 30.3. The molecule has 0 spiro atoms. The molecule has 210 valence electrons. The fourth-order valence-corrected chi connectivity index (χ4v) is 54.7. The smallest absolute Gasteiger partial charge is 0.0179 e. The lowest BCUT2D eigenvalue weighted by Gasteiger charge is -2.78. The highest BCUT2D eigenvalue weighted by Crippen LogP contribution is 3.23. The molecule has 0 radical (unpaired) electrons. The van der Waals surface area contributed by atoms with Crippen LogP contribution in [0.3, 0.4) is 0 Å². The predicted octanol–water partition coefficient (Wildman–Crippen LogP) is 12.9. The molecule has 0 rings (SSSR count). The predicted molar refractivity (Wildman–Crippen MR) is 186 cm³/mol. The molecule has 0 aliphatic rings. The third-order valence-corrected chi connectivity index (χ3v) is 41.9. The van der Waals surface area contributed by atoms with E-state index in [2.05, 4.69) is 142 Å². The number of rotatable bonds is 21. The highest BCUT2D eigenvalue weighted by Gasteiger charge is 2.65. The van der Waals surface area contributed by atoms with E-state index in [0.717, 1.165) is 5.92 Å². The molecule has 0 saturated carbocycles. The highest BCUT2D eigenvalue weighted by molar-refractivity contribution is 9.97. The first-order valence-corrected chi connectivity index (χ1v) is 24.7. The van der Waals surface area contributed by atoms with Crippen LogP contribution in [0, 0.1) is 5.92 Å². The molecule has 0 aromatic rings. The summed E-state index contributed by atoms with van der Waals surface area (Å²) in [4.78, 5) is 0. The Labute approximate surface area is 238 Å². The van der Waals surface area contributed by atoms with Crippen molar-refractivity contribution in [3.8, 4) is 0 Å². The van der Waals surface area contributed by atoms with Crippen molar-refractivity contribution in [3.05, 3.63) is 0 Å². The first-order valence-electron chi connectivity index (χ1n) is 13.8. The molecule has 7 heteroatoms. The molecule has 1 unspecified atom stereocenters. The van der Waals surface area contributed by atoms with Crippen LogP contribution in [0.15, 0.2) is 0 Å². The molecule has 0 bridgehead atoms. The van der Waals surface area contributed by atoms with Crippen LogP contribution < -0.4 is 0 Å². The Morgan fingerprint density at radius 2 is 1.38 bits per heavy atom. The Morgan fingerprint density at radius 3 is 1.88 bits per heavy atom. The van der Waals surface area contributed by atoms with Gasteiger partial charge in [0.1, 0.15) is 0 Å². The lowest BCUT2D eigenvalue weighted by atomic mass is 10.3. The minimum Gasteiger partial charge on any atom is -0.162 e. The Bertz CT molecular complexity index is 548. The van der Waals surface area contributed by atoms with Gasteiger partial charge < -0.3 is 0 Å². The van der Waals surface area contributed by atoms with Gasteiger partial charge in [-0.1, -0.05) is 146 Å². The standard InChI is InChI=1S/C27H60S7/c1-12-15-21-29-34(31-25(6)7,30-23-24(4)5,32-26(8)14-3,33-27(9,10)11)22-18-16-17-20-28-19-13-2/h24-26H,12-23H2,1-11H3. The second-order valence-electron chi connectivity index (χ2n) is 11.2. The molecule has 1 atom stereocenters. The molecule has 0 saturated heterocycles. The van der Waals surface area contributed by atoms with E-state index in [1.54, 1.807) is 0 Å². The summed E-state index contributed by atoms with van der Waals surface area (Å²) in [6.45, 7) is 26.9. The summed E-state index contributed by atoms with van der Waals surface area (Å²) in [6, 6.07) is 0. The van der Waals surface area contributed by atoms with Crippen LogP contribution >= 0.6 is 69.2 Å². The fraction of sp³-hybridized carbons (Fsp3) is 1.00. The van der Waals surface area contributed by atoms with Crippen molar-refractivity contribution < 1.29 is 0 Å². The lowest BCUT2D eigenvalue weighted by molar-refractivity contribution is 0.752. The van der Waals surface area contributed by atoms with Gasteiger partial charge in [-0.3, -0.25) is 0 Å². The van der Waals surface area contributed by atoms with Gasteiger partial charge in [0.25, 0.3) is 0 Å². The van der Waals surface area contributed by atoms with E-state index in [1.165, 1.54) is 73.7 Å². The molecule has 0 nitrogen and oxygen atoms in total. The van der Waals surface area contributed by atoms with Gasteiger partial charge in [0.05, 0.1) is 0 Å². The largest absolute Gasteiger partial charge is 0.162 e. The van der Waals surface area contributed by atoms with E-state index in [9.17, 15) is 0 Å². The zero-order chi connectivity index (χ0) is 26.4. The van der Waals surface area contributed by atoms with Crippen LogP contribution in [0.4, 0.5) is 0 Å². The lowest BCUT2D eigenvalue weighted by Crippen LogP contribution is -2.31. The van der Waals surface area contributed by atoms with Crippen molar-refractivity contribution in [3.63, 3.8) is 0 Å². The Kier molecular flexibility index (Phi) is 17.7. The van der Waals surface area contributed by atoms with Crippen LogP contribution in [0.25, 0.3) is 0 Å². The van der Waals surface area contributed by atoms with Gasteiger partial charge in [0.15, 0.2) is 0 Å². The van der Waals surface area contributed by atoms with Crippen molar-refractivity contribution in [2.45, 2.75) is 136 Å². The molecule has 0 aliphatic carbocycles. The summed E-state index contributed by atoms with van der Waals surface area (Å²) < 4.78 is -2.52. The number of unbranched alkanes of at least 4 members (excludes halogenated alkanes) is 3. The SMILES string of the molecule is CCCCSS(CCCCCSCCC)(SCC(C)C)(SC(C)C)(SC(C)CC)SC(C)(C)C. The maximum atomic E-state index is 2.52. The molecule has 0 heterocycles.